The lowest BCUT2D eigenvalue weighted by molar-refractivity contribution is 0.660. The summed E-state index contributed by atoms with van der Waals surface area (Å²) < 4.78 is 7.14. The first kappa shape index (κ1) is 37.4. The maximum atomic E-state index is 7.14. The molecule has 11 aromatic carbocycles. The summed E-state index contributed by atoms with van der Waals surface area (Å²) in [5, 5.41) is 9.44. The van der Waals surface area contributed by atoms with Gasteiger partial charge in [-0.2, -0.15) is 0 Å². The molecule has 13 rings (SSSR count). The van der Waals surface area contributed by atoms with Gasteiger partial charge in [-0.3, -0.25) is 0 Å². The Morgan fingerprint density at radius 3 is 1.62 bits per heavy atom. The van der Waals surface area contributed by atoms with Crippen molar-refractivity contribution < 1.29 is 4.42 Å². The van der Waals surface area contributed by atoms with Crippen molar-refractivity contribution in [1.82, 2.24) is 0 Å². The summed E-state index contributed by atoms with van der Waals surface area (Å²) in [5.74, 6) is 0. The summed E-state index contributed by atoms with van der Waals surface area (Å²) in [6.45, 7) is 4.71. The van der Waals surface area contributed by atoms with Crippen molar-refractivity contribution in [1.29, 1.82) is 0 Å². The Hall–Kier alpha value is -8.20. The molecule has 2 nitrogen and oxygen atoms in total. The number of hydrogen-bond donors (Lipinski definition) is 0. The first-order valence-electron chi connectivity index (χ1n) is 22.6. The zero-order valence-electron chi connectivity index (χ0n) is 36.2. The van der Waals surface area contributed by atoms with Crippen molar-refractivity contribution in [3.8, 4) is 44.5 Å². The van der Waals surface area contributed by atoms with E-state index in [2.05, 4.69) is 243 Å². The second-order valence-corrected chi connectivity index (χ2v) is 18.0. The van der Waals surface area contributed by atoms with Crippen LogP contribution < -0.4 is 4.90 Å². The van der Waals surface area contributed by atoms with Gasteiger partial charge in [0, 0.05) is 44.2 Å². The predicted octanol–water partition coefficient (Wildman–Crippen LogP) is 17.8. The third-order valence-electron chi connectivity index (χ3n) is 14.0. The monoisotopic (exact) mass is 829 g/mol. The summed E-state index contributed by atoms with van der Waals surface area (Å²) >= 11 is 0. The van der Waals surface area contributed by atoms with Gasteiger partial charge in [0.2, 0.25) is 0 Å². The van der Waals surface area contributed by atoms with E-state index in [1.807, 2.05) is 0 Å². The van der Waals surface area contributed by atoms with E-state index in [4.69, 9.17) is 4.42 Å². The molecular formula is C63H43NO. The van der Waals surface area contributed by atoms with Crippen LogP contribution in [0, 0.1) is 0 Å². The molecule has 0 bridgehead atoms. The third kappa shape index (κ3) is 5.81. The molecule has 12 aromatic rings. The van der Waals surface area contributed by atoms with Crippen LogP contribution in [-0.2, 0) is 5.41 Å². The largest absolute Gasteiger partial charge is 0.455 e. The highest BCUT2D eigenvalue weighted by Crippen LogP contribution is 2.51. The fourth-order valence-corrected chi connectivity index (χ4v) is 10.9. The van der Waals surface area contributed by atoms with E-state index < -0.39 is 0 Å². The fraction of sp³-hybridized carbons (Fsp3) is 0.0476. The molecule has 0 aliphatic heterocycles. The number of benzene rings is 11. The summed E-state index contributed by atoms with van der Waals surface area (Å²) in [5.41, 5.74) is 17.3. The third-order valence-corrected chi connectivity index (χ3v) is 14.0. The van der Waals surface area contributed by atoms with Gasteiger partial charge in [0.05, 0.1) is 0 Å². The minimum atomic E-state index is -0.121. The highest BCUT2D eigenvalue weighted by molar-refractivity contribution is 6.31. The van der Waals surface area contributed by atoms with E-state index >= 15 is 0 Å². The van der Waals surface area contributed by atoms with E-state index in [9.17, 15) is 0 Å². The van der Waals surface area contributed by atoms with Gasteiger partial charge in [0.1, 0.15) is 11.2 Å². The van der Waals surface area contributed by atoms with Gasteiger partial charge in [0.15, 0.2) is 0 Å². The number of anilines is 3. The maximum absolute atomic E-state index is 7.14. The zero-order valence-corrected chi connectivity index (χ0v) is 36.2. The molecule has 0 saturated heterocycles. The second kappa shape index (κ2) is 14.4. The zero-order chi connectivity index (χ0) is 43.2. The standard InChI is InChI=1S/C63H43NO/c1-63(2)58-26-13-12-22-52(58)53-36-35-47(39-59(53)63)64(45-31-27-41(28-32-45)40-15-4-3-5-16-40)46-33-29-42(30-34-46)44-37-56(49-25-14-18-43-17-6-7-19-48(43)49)61-57(38-44)60-54-23-10-8-20-50(54)51-21-9-11-24-55(51)62(60)65-61/h3-39H,1-2H3. The normalized spacial score (nSPS) is 12.9. The van der Waals surface area contributed by atoms with Gasteiger partial charge in [-0.05, 0) is 126 Å². The van der Waals surface area contributed by atoms with Crippen molar-refractivity contribution >= 4 is 71.3 Å². The Bertz CT molecular complexity index is 3830. The SMILES string of the molecule is CC1(C)c2ccccc2-c2ccc(N(c3ccc(-c4ccccc4)cc3)c3ccc(-c4cc(-c5cccc6ccccc56)c5oc6c7ccccc7c7ccccc7c6c5c4)cc3)cc21. The highest BCUT2D eigenvalue weighted by atomic mass is 16.3. The lowest BCUT2D eigenvalue weighted by Crippen LogP contribution is -2.16. The molecule has 1 aromatic heterocycles. The smallest absolute Gasteiger partial charge is 0.143 e. The van der Waals surface area contributed by atoms with Gasteiger partial charge < -0.3 is 9.32 Å². The molecule has 0 N–H and O–H groups in total. The first-order chi connectivity index (χ1) is 32.0. The average molecular weight is 830 g/mol. The molecule has 2 heteroatoms. The van der Waals surface area contributed by atoms with Gasteiger partial charge >= 0.3 is 0 Å². The highest BCUT2D eigenvalue weighted by Gasteiger charge is 2.35. The van der Waals surface area contributed by atoms with Crippen molar-refractivity contribution in [2.75, 3.05) is 4.90 Å². The number of fused-ring (bicyclic) bond motifs is 12. The van der Waals surface area contributed by atoms with Crippen molar-refractivity contribution in [3.05, 3.63) is 236 Å². The quantitative estimate of drug-likeness (QED) is 0.155. The fourth-order valence-electron chi connectivity index (χ4n) is 10.9. The second-order valence-electron chi connectivity index (χ2n) is 18.0. The molecule has 0 unspecified atom stereocenters. The summed E-state index contributed by atoms with van der Waals surface area (Å²) in [7, 11) is 0. The molecule has 65 heavy (non-hydrogen) atoms. The first-order valence-corrected chi connectivity index (χ1v) is 22.6. The van der Waals surface area contributed by atoms with Crippen LogP contribution in [-0.4, -0.2) is 0 Å². The lowest BCUT2D eigenvalue weighted by Gasteiger charge is -2.28. The van der Waals surface area contributed by atoms with Crippen molar-refractivity contribution in [2.45, 2.75) is 19.3 Å². The van der Waals surface area contributed by atoms with E-state index in [-0.39, 0.29) is 5.41 Å². The van der Waals surface area contributed by atoms with Crippen LogP contribution in [0.2, 0.25) is 0 Å². The molecule has 0 spiro atoms. The molecule has 0 amide bonds. The van der Waals surface area contributed by atoms with Crippen LogP contribution in [0.5, 0.6) is 0 Å². The predicted molar refractivity (Wildman–Crippen MR) is 275 cm³/mol. The minimum Gasteiger partial charge on any atom is -0.455 e. The van der Waals surface area contributed by atoms with Gasteiger partial charge in [-0.1, -0.05) is 190 Å². The summed E-state index contributed by atoms with van der Waals surface area (Å²) in [4.78, 5) is 2.41. The van der Waals surface area contributed by atoms with Crippen LogP contribution in [0.25, 0.3) is 98.8 Å². The Balaban J connectivity index is 1.00. The molecule has 306 valence electrons. The molecule has 1 aliphatic carbocycles. The molecule has 0 atom stereocenters. The summed E-state index contributed by atoms with van der Waals surface area (Å²) in [6, 6.07) is 82.0. The van der Waals surface area contributed by atoms with Gasteiger partial charge in [-0.15, -0.1) is 0 Å². The van der Waals surface area contributed by atoms with E-state index in [0.717, 1.165) is 66.6 Å². The van der Waals surface area contributed by atoms with E-state index in [1.165, 1.54) is 60.3 Å². The summed E-state index contributed by atoms with van der Waals surface area (Å²) in [6.07, 6.45) is 0. The molecule has 1 heterocycles. The average Bonchev–Trinajstić information content (AvgIpc) is 3.87. The lowest BCUT2D eigenvalue weighted by atomic mass is 9.82. The van der Waals surface area contributed by atoms with Crippen molar-refractivity contribution in [3.63, 3.8) is 0 Å². The topological polar surface area (TPSA) is 16.4 Å². The number of rotatable bonds is 6. The number of furan rings is 1. The van der Waals surface area contributed by atoms with Crippen LogP contribution in [0.3, 0.4) is 0 Å². The van der Waals surface area contributed by atoms with Crippen LogP contribution in [0.1, 0.15) is 25.0 Å². The van der Waals surface area contributed by atoms with Crippen LogP contribution in [0.4, 0.5) is 17.1 Å². The van der Waals surface area contributed by atoms with Gasteiger partial charge in [0.25, 0.3) is 0 Å². The molecule has 0 fully saturated rings. The van der Waals surface area contributed by atoms with Crippen LogP contribution in [0.15, 0.2) is 229 Å². The Labute approximate surface area is 378 Å². The van der Waals surface area contributed by atoms with E-state index in [0.29, 0.717) is 0 Å². The number of nitrogens with zero attached hydrogens (tertiary/aromatic N) is 1. The Morgan fingerprint density at radius 2 is 0.862 bits per heavy atom. The van der Waals surface area contributed by atoms with Gasteiger partial charge in [-0.25, -0.2) is 0 Å². The van der Waals surface area contributed by atoms with Crippen LogP contribution >= 0.6 is 0 Å². The van der Waals surface area contributed by atoms with Crippen molar-refractivity contribution in [2.24, 2.45) is 0 Å². The maximum Gasteiger partial charge on any atom is 0.143 e. The number of hydrogen-bond acceptors (Lipinski definition) is 2. The molecule has 0 saturated carbocycles. The minimum absolute atomic E-state index is 0.121. The van der Waals surface area contributed by atoms with E-state index in [1.54, 1.807) is 0 Å². The molecule has 0 radical (unpaired) electrons. The Morgan fingerprint density at radius 1 is 0.323 bits per heavy atom. The Kier molecular flexibility index (Phi) is 8.29. The molecular weight excluding hydrogens is 787 g/mol. The molecule has 1 aliphatic rings.